The van der Waals surface area contributed by atoms with Gasteiger partial charge in [0.1, 0.15) is 18.5 Å². The zero-order valence-corrected chi connectivity index (χ0v) is 8.80. The molecule has 0 aliphatic carbocycles. The third-order valence-corrected chi connectivity index (χ3v) is 1.79. The number of aromatic nitrogens is 2. The van der Waals surface area contributed by atoms with Crippen molar-refractivity contribution in [3.05, 3.63) is 34.7 Å². The highest BCUT2D eigenvalue weighted by Crippen LogP contribution is 2.01. The van der Waals surface area contributed by atoms with Crippen LogP contribution in [0.1, 0.15) is 0 Å². The summed E-state index contributed by atoms with van der Waals surface area (Å²) in [6.45, 7) is 0.866. The van der Waals surface area contributed by atoms with E-state index >= 15 is 0 Å². The van der Waals surface area contributed by atoms with Crippen molar-refractivity contribution in [2.24, 2.45) is 0 Å². The van der Waals surface area contributed by atoms with Crippen LogP contribution >= 0.6 is 0 Å². The summed E-state index contributed by atoms with van der Waals surface area (Å²) < 4.78 is 17.1. The number of nitrogens with one attached hydrogen (secondary N) is 1. The van der Waals surface area contributed by atoms with Crippen LogP contribution in [0.5, 0.6) is 0 Å². The van der Waals surface area contributed by atoms with Crippen molar-refractivity contribution in [3.63, 3.8) is 0 Å². The van der Waals surface area contributed by atoms with Crippen molar-refractivity contribution >= 4 is 5.82 Å². The summed E-state index contributed by atoms with van der Waals surface area (Å²) in [5, 5.41) is 7.91. The number of ether oxygens (including phenoxy) is 1. The second kappa shape index (κ2) is 6.74. The third-order valence-electron chi connectivity index (χ3n) is 1.79. The fourth-order valence-electron chi connectivity index (χ4n) is 1.01. The molecule has 1 aliphatic rings. The van der Waals surface area contributed by atoms with E-state index in [0.717, 1.165) is 6.20 Å². The molecule has 0 amide bonds. The number of H-pyrrole nitrogens is 1. The molecule has 2 heterocycles. The van der Waals surface area contributed by atoms with E-state index in [1.807, 2.05) is 17.1 Å². The van der Waals surface area contributed by atoms with Gasteiger partial charge in [0.2, 0.25) is 0 Å². The Labute approximate surface area is 95.6 Å². The van der Waals surface area contributed by atoms with Crippen LogP contribution in [-0.2, 0) is 9.62 Å². The van der Waals surface area contributed by atoms with E-state index in [-0.39, 0.29) is 18.5 Å². The van der Waals surface area contributed by atoms with E-state index in [4.69, 9.17) is 15.7 Å². The van der Waals surface area contributed by atoms with Crippen molar-refractivity contribution in [2.45, 2.75) is 6.10 Å². The molecule has 0 aromatic carbocycles. The first-order chi connectivity index (χ1) is 8.13. The molecular formula is C9H12FN3O4. The van der Waals surface area contributed by atoms with Crippen molar-refractivity contribution < 1.29 is 19.3 Å². The molecule has 0 spiro atoms. The van der Waals surface area contributed by atoms with Crippen LogP contribution in [0, 0.1) is 5.82 Å². The molecule has 1 aliphatic heterocycles. The average molecular weight is 245 g/mol. The lowest BCUT2D eigenvalue weighted by Gasteiger charge is -2.02. The maximum absolute atomic E-state index is 12.1. The monoisotopic (exact) mass is 245 g/mol. The van der Waals surface area contributed by atoms with Crippen molar-refractivity contribution in [1.82, 2.24) is 9.97 Å². The molecule has 1 aromatic heterocycles. The van der Waals surface area contributed by atoms with Gasteiger partial charge < -0.3 is 10.5 Å². The summed E-state index contributed by atoms with van der Waals surface area (Å²) in [4.78, 5) is 19.1. The lowest BCUT2D eigenvalue weighted by Crippen LogP contribution is -2.12. The first-order valence-corrected chi connectivity index (χ1v) is 4.68. The number of hydrogen-bond donors (Lipinski definition) is 3. The number of nitrogens with zero attached hydrogens (tertiary/aromatic N) is 1. The van der Waals surface area contributed by atoms with Gasteiger partial charge in [-0.05, 0) is 0 Å². The Morgan fingerprint density at radius 1 is 1.76 bits per heavy atom. The normalized spacial score (nSPS) is 17.6. The molecule has 0 unspecified atom stereocenters. The zero-order chi connectivity index (χ0) is 12.7. The van der Waals surface area contributed by atoms with Crippen LogP contribution in [-0.4, -0.2) is 34.5 Å². The van der Waals surface area contributed by atoms with E-state index in [0.29, 0.717) is 6.61 Å². The molecular weight excluding hydrogens is 233 g/mol. The summed E-state index contributed by atoms with van der Waals surface area (Å²) in [5.41, 5.74) is 4.31. The highest BCUT2D eigenvalue weighted by atomic mass is 19.1. The minimum Gasteiger partial charge on any atom is -0.383 e. The fraction of sp³-hybridized carbons (Fsp3) is 0.333. The average Bonchev–Trinajstić information content (AvgIpc) is 2.78. The summed E-state index contributed by atoms with van der Waals surface area (Å²) in [6, 6.07) is 0. The van der Waals surface area contributed by atoms with Crippen LogP contribution in [0.2, 0.25) is 0 Å². The molecule has 2 rings (SSSR count). The highest BCUT2D eigenvalue weighted by Gasteiger charge is 2.07. The minimum atomic E-state index is -0.713. The molecule has 1 aromatic rings. The van der Waals surface area contributed by atoms with Gasteiger partial charge in [-0.1, -0.05) is 12.2 Å². The molecule has 7 nitrogen and oxygen atoms in total. The molecule has 4 N–H and O–H groups in total. The number of nitrogens with two attached hydrogens (primary N) is 1. The third kappa shape index (κ3) is 4.72. The number of rotatable bonds is 2. The molecule has 17 heavy (non-hydrogen) atoms. The number of halogens is 1. The van der Waals surface area contributed by atoms with Crippen LogP contribution < -0.4 is 11.4 Å². The van der Waals surface area contributed by atoms with Gasteiger partial charge in [0, 0.05) is 0 Å². The van der Waals surface area contributed by atoms with Crippen LogP contribution in [0.15, 0.2) is 23.1 Å². The van der Waals surface area contributed by atoms with E-state index in [1.165, 1.54) is 0 Å². The first-order valence-electron chi connectivity index (χ1n) is 4.68. The number of hydrogen-bond acceptors (Lipinski definition) is 6. The van der Waals surface area contributed by atoms with Crippen LogP contribution in [0.25, 0.3) is 0 Å². The van der Waals surface area contributed by atoms with Gasteiger partial charge in [-0.3, -0.25) is 10.2 Å². The predicted octanol–water partition coefficient (Wildman–Crippen LogP) is -0.0778. The van der Waals surface area contributed by atoms with Crippen molar-refractivity contribution in [1.29, 1.82) is 0 Å². The quantitative estimate of drug-likeness (QED) is 0.382. The molecule has 0 radical (unpaired) electrons. The van der Waals surface area contributed by atoms with E-state index in [1.54, 1.807) is 0 Å². The first kappa shape index (κ1) is 13.3. The van der Waals surface area contributed by atoms with E-state index < -0.39 is 11.5 Å². The second-order valence-electron chi connectivity index (χ2n) is 3.05. The van der Waals surface area contributed by atoms with Crippen molar-refractivity contribution in [3.8, 4) is 0 Å². The van der Waals surface area contributed by atoms with Gasteiger partial charge in [0.05, 0.1) is 12.8 Å². The molecule has 8 heteroatoms. The highest BCUT2D eigenvalue weighted by molar-refractivity contribution is 5.25. The van der Waals surface area contributed by atoms with Gasteiger partial charge in [-0.15, -0.1) is 0 Å². The largest absolute Gasteiger partial charge is 0.383 e. The topological polar surface area (TPSA) is 110 Å². The minimum absolute atomic E-state index is 0.0417. The Bertz CT molecular complexity index is 434. The number of aromatic amines is 1. The summed E-state index contributed by atoms with van der Waals surface area (Å²) in [7, 11) is 0. The van der Waals surface area contributed by atoms with E-state index in [2.05, 4.69) is 9.87 Å². The Kier molecular flexibility index (Phi) is 5.27. The lowest BCUT2D eigenvalue weighted by molar-refractivity contribution is -0.254. The Morgan fingerprint density at radius 2 is 2.53 bits per heavy atom. The SMILES string of the molecule is Nc1[nH]c(=O)ncc1F.OOC[C@H]1C=CCO1. The van der Waals surface area contributed by atoms with Crippen molar-refractivity contribution in [2.75, 3.05) is 18.9 Å². The van der Waals surface area contributed by atoms with E-state index in [9.17, 15) is 9.18 Å². The smallest absolute Gasteiger partial charge is 0.346 e. The molecule has 94 valence electrons. The fourth-order valence-corrected chi connectivity index (χ4v) is 1.01. The van der Waals surface area contributed by atoms with Gasteiger partial charge in [-0.2, -0.15) is 4.98 Å². The lowest BCUT2D eigenvalue weighted by atomic mass is 10.4. The molecule has 1 atom stereocenters. The predicted molar refractivity (Wildman–Crippen MR) is 56.7 cm³/mol. The van der Waals surface area contributed by atoms with Crippen LogP contribution in [0.3, 0.4) is 0 Å². The standard InChI is InChI=1S/C5H8O3.C4H4FN3O/c6-8-4-5-2-1-3-7-5;5-2-1-7-4(9)8-3(2)6/h1-2,5-6H,3-4H2;1H,(H3,6,7,8,9)/t5-;/m1./s1. The summed E-state index contributed by atoms with van der Waals surface area (Å²) in [6.07, 6.45) is 4.48. The Morgan fingerprint density at radius 3 is 3.00 bits per heavy atom. The second-order valence-corrected chi connectivity index (χ2v) is 3.05. The van der Waals surface area contributed by atoms with Gasteiger partial charge >= 0.3 is 5.69 Å². The molecule has 0 saturated heterocycles. The Balaban J connectivity index is 0.000000171. The number of anilines is 1. The zero-order valence-electron chi connectivity index (χ0n) is 8.80. The van der Waals surface area contributed by atoms with Gasteiger partial charge in [0.25, 0.3) is 0 Å². The summed E-state index contributed by atoms with van der Waals surface area (Å²) >= 11 is 0. The maximum atomic E-state index is 12.1. The molecule has 0 fully saturated rings. The Hall–Kier alpha value is -1.77. The maximum Gasteiger partial charge on any atom is 0.346 e. The molecule has 0 bridgehead atoms. The van der Waals surface area contributed by atoms with Crippen LogP contribution in [0.4, 0.5) is 10.2 Å². The summed E-state index contributed by atoms with van der Waals surface area (Å²) in [5.74, 6) is -0.996. The van der Waals surface area contributed by atoms with Gasteiger partial charge in [0.15, 0.2) is 5.82 Å². The van der Waals surface area contributed by atoms with Gasteiger partial charge in [-0.25, -0.2) is 14.1 Å². The number of nitrogen functional groups attached to an aromatic ring is 1. The molecule has 0 saturated carbocycles.